The Morgan fingerprint density at radius 3 is 2.38 bits per heavy atom. The smallest absolute Gasteiger partial charge is 0.357 e. The Morgan fingerprint density at radius 2 is 1.86 bits per heavy atom. The second kappa shape index (κ2) is 11.0. The minimum Gasteiger partial charge on any atom is -0.357 e. The molecule has 7 nitrogen and oxygen atoms in total. The van der Waals surface area contributed by atoms with Gasteiger partial charge in [0, 0.05) is 24.7 Å². The third kappa shape index (κ3) is 8.36. The lowest BCUT2D eigenvalue weighted by molar-refractivity contribution is -0.137. The van der Waals surface area contributed by atoms with Crippen molar-refractivity contribution in [1.29, 1.82) is 0 Å². The Morgan fingerprint density at radius 1 is 1.21 bits per heavy atom. The number of rotatable bonds is 6. The second-order valence-corrected chi connectivity index (χ2v) is 8.56. The fourth-order valence-corrected chi connectivity index (χ4v) is 4.35. The molecule has 0 saturated carbocycles. The van der Waals surface area contributed by atoms with Crippen LogP contribution < -0.4 is 16.0 Å². The SMILES string of the molecule is CCNC(=NCCNC(=O)c1ccc(C(F)(F)F)cc1)NC1CCS(=O)(=O)C1.I. The number of guanidine groups is 1. The largest absolute Gasteiger partial charge is 0.416 e. The normalized spacial score (nSPS) is 18.6. The molecule has 1 heterocycles. The average Bonchev–Trinajstić information content (AvgIpc) is 2.96. The summed E-state index contributed by atoms with van der Waals surface area (Å²) in [5.74, 6) is 0.159. The lowest BCUT2D eigenvalue weighted by atomic mass is 10.1. The van der Waals surface area contributed by atoms with Gasteiger partial charge < -0.3 is 16.0 Å². The molecule has 0 spiro atoms. The molecule has 0 aliphatic carbocycles. The van der Waals surface area contributed by atoms with Gasteiger partial charge in [0.25, 0.3) is 5.91 Å². The molecule has 1 amide bonds. The molecule has 12 heteroatoms. The van der Waals surface area contributed by atoms with E-state index in [1.54, 1.807) is 0 Å². The molecule has 1 aliphatic heterocycles. The Kier molecular flexibility index (Phi) is 9.65. The molecule has 2 rings (SSSR count). The van der Waals surface area contributed by atoms with Gasteiger partial charge in [0.15, 0.2) is 15.8 Å². The summed E-state index contributed by atoms with van der Waals surface area (Å²) in [5, 5.41) is 8.64. The molecule has 1 aliphatic rings. The van der Waals surface area contributed by atoms with Crippen LogP contribution >= 0.6 is 24.0 Å². The van der Waals surface area contributed by atoms with Crippen LogP contribution in [0.2, 0.25) is 0 Å². The molecule has 1 unspecified atom stereocenters. The van der Waals surface area contributed by atoms with Gasteiger partial charge in [-0.15, -0.1) is 24.0 Å². The first kappa shape index (κ1) is 25.5. The molecule has 0 radical (unpaired) electrons. The van der Waals surface area contributed by atoms with Gasteiger partial charge in [-0.25, -0.2) is 8.42 Å². The molecule has 0 aromatic heterocycles. The van der Waals surface area contributed by atoms with Crippen LogP contribution in [0.15, 0.2) is 29.3 Å². The number of carbonyl (C=O) groups excluding carboxylic acids is 1. The van der Waals surface area contributed by atoms with Gasteiger partial charge in [0.05, 0.1) is 23.6 Å². The highest BCUT2D eigenvalue weighted by atomic mass is 127. The average molecular weight is 548 g/mol. The van der Waals surface area contributed by atoms with E-state index in [2.05, 4.69) is 20.9 Å². The number of halogens is 4. The van der Waals surface area contributed by atoms with Crippen LogP contribution in [-0.4, -0.2) is 57.5 Å². The number of aliphatic imine (C=N–C) groups is 1. The van der Waals surface area contributed by atoms with Gasteiger partial charge in [-0.2, -0.15) is 13.2 Å². The maximum atomic E-state index is 12.5. The molecular formula is C17H24F3IN4O3S. The summed E-state index contributed by atoms with van der Waals surface area (Å²) in [6.45, 7) is 2.86. The minimum atomic E-state index is -4.45. The summed E-state index contributed by atoms with van der Waals surface area (Å²) < 4.78 is 60.6. The predicted octanol–water partition coefficient (Wildman–Crippen LogP) is 1.80. The lowest BCUT2D eigenvalue weighted by Gasteiger charge is -2.15. The first-order chi connectivity index (χ1) is 13.1. The van der Waals surface area contributed by atoms with E-state index >= 15 is 0 Å². The number of alkyl halides is 3. The predicted molar refractivity (Wildman–Crippen MR) is 115 cm³/mol. The van der Waals surface area contributed by atoms with Crippen LogP contribution in [0.4, 0.5) is 13.2 Å². The van der Waals surface area contributed by atoms with Gasteiger partial charge in [-0.3, -0.25) is 9.79 Å². The monoisotopic (exact) mass is 548 g/mol. The van der Waals surface area contributed by atoms with E-state index < -0.39 is 27.5 Å². The summed E-state index contributed by atoms with van der Waals surface area (Å²) >= 11 is 0. The van der Waals surface area contributed by atoms with E-state index in [1.807, 2.05) is 6.92 Å². The molecule has 1 atom stereocenters. The highest BCUT2D eigenvalue weighted by Crippen LogP contribution is 2.29. The van der Waals surface area contributed by atoms with Crippen LogP contribution in [0.25, 0.3) is 0 Å². The van der Waals surface area contributed by atoms with Gasteiger partial charge in [-0.05, 0) is 37.6 Å². The quantitative estimate of drug-likeness (QED) is 0.218. The highest BCUT2D eigenvalue weighted by Gasteiger charge is 2.30. The molecular weight excluding hydrogens is 524 g/mol. The van der Waals surface area contributed by atoms with Crippen molar-refractivity contribution in [2.75, 3.05) is 31.1 Å². The Labute approximate surface area is 184 Å². The van der Waals surface area contributed by atoms with Crippen molar-refractivity contribution in [1.82, 2.24) is 16.0 Å². The third-order valence-electron chi connectivity index (χ3n) is 4.06. The number of amides is 1. The van der Waals surface area contributed by atoms with E-state index in [0.717, 1.165) is 24.3 Å². The zero-order chi connectivity index (χ0) is 20.8. The standard InChI is InChI=1S/C17H23F3N4O3S.HI/c1-2-21-16(24-14-7-10-28(26,27)11-14)23-9-8-22-15(25)12-3-5-13(6-4-12)17(18,19)20;/h3-6,14H,2,7-11H2,1H3,(H,22,25)(H2,21,23,24);1H. The fourth-order valence-electron chi connectivity index (χ4n) is 2.67. The van der Waals surface area contributed by atoms with Crippen molar-refractivity contribution < 1.29 is 26.4 Å². The first-order valence-electron chi connectivity index (χ1n) is 8.81. The Balaban J connectivity index is 0.00000420. The number of benzene rings is 1. The van der Waals surface area contributed by atoms with Crippen molar-refractivity contribution >= 4 is 45.7 Å². The van der Waals surface area contributed by atoms with Crippen molar-refractivity contribution in [2.24, 2.45) is 4.99 Å². The Hall–Kier alpha value is -1.57. The van der Waals surface area contributed by atoms with Crippen molar-refractivity contribution in [3.8, 4) is 0 Å². The van der Waals surface area contributed by atoms with Gasteiger partial charge >= 0.3 is 6.18 Å². The summed E-state index contributed by atoms with van der Waals surface area (Å²) in [7, 11) is -3.01. The van der Waals surface area contributed by atoms with Crippen molar-refractivity contribution in [2.45, 2.75) is 25.6 Å². The maximum Gasteiger partial charge on any atom is 0.416 e. The third-order valence-corrected chi connectivity index (χ3v) is 5.83. The van der Waals surface area contributed by atoms with Crippen LogP contribution in [-0.2, 0) is 16.0 Å². The second-order valence-electron chi connectivity index (χ2n) is 6.34. The summed E-state index contributed by atoms with van der Waals surface area (Å²) in [5.41, 5.74) is -0.692. The zero-order valence-electron chi connectivity index (χ0n) is 15.8. The van der Waals surface area contributed by atoms with E-state index in [0.29, 0.717) is 18.9 Å². The molecule has 29 heavy (non-hydrogen) atoms. The number of nitrogens with one attached hydrogen (secondary N) is 3. The minimum absolute atomic E-state index is 0. The molecule has 1 aromatic rings. The van der Waals surface area contributed by atoms with Crippen LogP contribution in [0, 0.1) is 0 Å². The molecule has 1 fully saturated rings. The summed E-state index contributed by atoms with van der Waals surface area (Å²) in [4.78, 5) is 16.3. The van der Waals surface area contributed by atoms with Gasteiger partial charge in [-0.1, -0.05) is 0 Å². The van der Waals surface area contributed by atoms with E-state index in [4.69, 9.17) is 0 Å². The number of hydrogen-bond acceptors (Lipinski definition) is 4. The van der Waals surface area contributed by atoms with Gasteiger partial charge in [0.2, 0.25) is 0 Å². The van der Waals surface area contributed by atoms with Crippen molar-refractivity contribution in [3.63, 3.8) is 0 Å². The van der Waals surface area contributed by atoms with E-state index in [1.165, 1.54) is 0 Å². The number of hydrogen-bond donors (Lipinski definition) is 3. The first-order valence-corrected chi connectivity index (χ1v) is 10.6. The molecule has 1 aromatic carbocycles. The topological polar surface area (TPSA) is 99.7 Å². The van der Waals surface area contributed by atoms with E-state index in [9.17, 15) is 26.4 Å². The number of nitrogens with zero attached hydrogens (tertiary/aromatic N) is 1. The molecule has 0 bridgehead atoms. The molecule has 1 saturated heterocycles. The van der Waals surface area contributed by atoms with Crippen molar-refractivity contribution in [3.05, 3.63) is 35.4 Å². The van der Waals surface area contributed by atoms with Crippen LogP contribution in [0.1, 0.15) is 29.3 Å². The summed E-state index contributed by atoms with van der Waals surface area (Å²) in [6, 6.07) is 3.75. The highest BCUT2D eigenvalue weighted by molar-refractivity contribution is 14.0. The number of carbonyl (C=O) groups is 1. The lowest BCUT2D eigenvalue weighted by Crippen LogP contribution is -2.44. The van der Waals surface area contributed by atoms with Crippen LogP contribution in [0.5, 0.6) is 0 Å². The molecule has 3 N–H and O–H groups in total. The maximum absolute atomic E-state index is 12.5. The number of sulfone groups is 1. The van der Waals surface area contributed by atoms with Gasteiger partial charge in [0.1, 0.15) is 0 Å². The molecule has 164 valence electrons. The summed E-state index contributed by atoms with van der Waals surface area (Å²) in [6.07, 6.45) is -3.94. The van der Waals surface area contributed by atoms with Crippen LogP contribution in [0.3, 0.4) is 0 Å². The fraction of sp³-hybridized carbons (Fsp3) is 0.529. The zero-order valence-corrected chi connectivity index (χ0v) is 18.9. The Bertz CT molecular complexity index is 814. The van der Waals surface area contributed by atoms with E-state index in [-0.39, 0.29) is 60.2 Å².